The van der Waals surface area contributed by atoms with Crippen molar-refractivity contribution in [1.82, 2.24) is 24.8 Å². The van der Waals surface area contributed by atoms with Crippen LogP contribution in [0.25, 0.3) is 0 Å². The first kappa shape index (κ1) is 19.2. The normalized spacial score (nSPS) is 25.9. The average Bonchev–Trinajstić information content (AvgIpc) is 3.43. The van der Waals surface area contributed by atoms with Gasteiger partial charge < -0.3 is 14.3 Å². The molecule has 3 saturated heterocycles. The van der Waals surface area contributed by atoms with E-state index in [1.54, 1.807) is 19.2 Å². The lowest BCUT2D eigenvalue weighted by atomic mass is 9.75. The van der Waals surface area contributed by atoms with E-state index < -0.39 is 0 Å². The van der Waals surface area contributed by atoms with Crippen molar-refractivity contribution in [1.29, 1.82) is 0 Å². The number of aromatic nitrogens is 2. The minimum atomic E-state index is -0.165. The van der Waals surface area contributed by atoms with E-state index in [2.05, 4.69) is 21.1 Å². The number of nitrogens with zero attached hydrogens (tertiary/aromatic N) is 5. The predicted octanol–water partition coefficient (Wildman–Crippen LogP) is 1.57. The first-order valence-electron chi connectivity index (χ1n) is 10.6. The van der Waals surface area contributed by atoms with Crippen LogP contribution in [0.5, 0.6) is 0 Å². The molecule has 2 aromatic heterocycles. The molecule has 2 amide bonds. The van der Waals surface area contributed by atoms with Crippen LogP contribution < -0.4 is 0 Å². The molecule has 0 aliphatic carbocycles. The molecule has 158 valence electrons. The Bertz CT molecular complexity index is 951. The summed E-state index contributed by atoms with van der Waals surface area (Å²) in [6.07, 6.45) is 5.29. The standard InChI is InChI=1S/C22H27N5O3/c1-15-10-19(24-30-15)21(29)27-8-5-22(6-9-27)18-14-26(12-16-4-3-7-23-11-16)13-17(18)20(28)25(22)2/h3-4,7,10-11,17-18H,5-6,8-9,12-14H2,1-2H3/t17-,18+/m1/s1. The van der Waals surface area contributed by atoms with Crippen molar-refractivity contribution >= 4 is 11.8 Å². The molecule has 0 N–H and O–H groups in total. The molecule has 3 aliphatic rings. The third-order valence-electron chi connectivity index (χ3n) is 7.29. The van der Waals surface area contributed by atoms with E-state index in [9.17, 15) is 9.59 Å². The molecule has 8 nitrogen and oxygen atoms in total. The molecule has 30 heavy (non-hydrogen) atoms. The minimum Gasteiger partial charge on any atom is -0.361 e. The summed E-state index contributed by atoms with van der Waals surface area (Å²) in [6.45, 7) is 5.58. The summed E-state index contributed by atoms with van der Waals surface area (Å²) in [5, 5.41) is 3.87. The zero-order chi connectivity index (χ0) is 20.9. The van der Waals surface area contributed by atoms with Gasteiger partial charge >= 0.3 is 0 Å². The van der Waals surface area contributed by atoms with Crippen LogP contribution in [0.4, 0.5) is 0 Å². The van der Waals surface area contributed by atoms with E-state index in [-0.39, 0.29) is 23.3 Å². The third-order valence-corrected chi connectivity index (χ3v) is 7.29. The lowest BCUT2D eigenvalue weighted by Gasteiger charge is -2.46. The van der Waals surface area contributed by atoms with Gasteiger partial charge in [-0.25, -0.2) is 0 Å². The van der Waals surface area contributed by atoms with Gasteiger partial charge in [-0.3, -0.25) is 19.5 Å². The molecule has 0 aromatic carbocycles. The number of hydrogen-bond acceptors (Lipinski definition) is 6. The minimum absolute atomic E-state index is 0.0483. The topological polar surface area (TPSA) is 82.8 Å². The third kappa shape index (κ3) is 3.01. The fourth-order valence-electron chi connectivity index (χ4n) is 5.71. The van der Waals surface area contributed by atoms with Crippen molar-refractivity contribution < 1.29 is 14.1 Å². The number of piperidine rings is 1. The molecule has 5 rings (SSSR count). The second-order valence-corrected chi connectivity index (χ2v) is 8.88. The summed E-state index contributed by atoms with van der Waals surface area (Å²) in [5.74, 6) is 1.15. The van der Waals surface area contributed by atoms with Gasteiger partial charge in [0.25, 0.3) is 5.91 Å². The Morgan fingerprint density at radius 1 is 1.30 bits per heavy atom. The molecular formula is C22H27N5O3. The summed E-state index contributed by atoms with van der Waals surface area (Å²) in [4.78, 5) is 36.3. The Morgan fingerprint density at radius 3 is 2.77 bits per heavy atom. The molecular weight excluding hydrogens is 382 g/mol. The number of likely N-dealkylation sites (tertiary alicyclic amines) is 3. The summed E-state index contributed by atoms with van der Waals surface area (Å²) in [6, 6.07) is 5.72. The van der Waals surface area contributed by atoms with Crippen molar-refractivity contribution in [3.63, 3.8) is 0 Å². The van der Waals surface area contributed by atoms with Gasteiger partial charge in [0.2, 0.25) is 5.91 Å². The van der Waals surface area contributed by atoms with Crippen LogP contribution in [-0.4, -0.2) is 75.4 Å². The molecule has 3 aliphatic heterocycles. The Hall–Kier alpha value is -2.74. The lowest BCUT2D eigenvalue weighted by molar-refractivity contribution is -0.133. The smallest absolute Gasteiger partial charge is 0.276 e. The van der Waals surface area contributed by atoms with E-state index in [1.807, 2.05) is 29.1 Å². The number of rotatable bonds is 3. The maximum Gasteiger partial charge on any atom is 0.276 e. The lowest BCUT2D eigenvalue weighted by Crippen LogP contribution is -2.56. The van der Waals surface area contributed by atoms with Crippen molar-refractivity contribution in [2.24, 2.45) is 11.8 Å². The van der Waals surface area contributed by atoms with E-state index in [1.165, 1.54) is 5.56 Å². The zero-order valence-corrected chi connectivity index (χ0v) is 17.5. The second-order valence-electron chi connectivity index (χ2n) is 8.88. The van der Waals surface area contributed by atoms with E-state index in [0.717, 1.165) is 32.5 Å². The van der Waals surface area contributed by atoms with Crippen LogP contribution >= 0.6 is 0 Å². The number of aryl methyl sites for hydroxylation is 1. The van der Waals surface area contributed by atoms with Crippen LogP contribution in [0.3, 0.4) is 0 Å². The van der Waals surface area contributed by atoms with Crippen LogP contribution in [-0.2, 0) is 11.3 Å². The van der Waals surface area contributed by atoms with E-state index in [4.69, 9.17) is 4.52 Å². The first-order valence-corrected chi connectivity index (χ1v) is 10.6. The first-order chi connectivity index (χ1) is 14.5. The van der Waals surface area contributed by atoms with Gasteiger partial charge in [-0.2, -0.15) is 0 Å². The summed E-state index contributed by atoms with van der Waals surface area (Å²) >= 11 is 0. The monoisotopic (exact) mass is 409 g/mol. The average molecular weight is 409 g/mol. The highest BCUT2D eigenvalue weighted by atomic mass is 16.5. The maximum atomic E-state index is 13.1. The molecule has 2 atom stereocenters. The Kier molecular flexibility index (Phi) is 4.61. The fraction of sp³-hybridized carbons (Fsp3) is 0.545. The Labute approximate surface area is 175 Å². The molecule has 1 spiro atoms. The zero-order valence-electron chi connectivity index (χ0n) is 17.5. The van der Waals surface area contributed by atoms with Crippen molar-refractivity contribution in [2.75, 3.05) is 33.2 Å². The number of fused-ring (bicyclic) bond motifs is 2. The maximum absolute atomic E-state index is 13.1. The highest BCUT2D eigenvalue weighted by Crippen LogP contribution is 2.49. The van der Waals surface area contributed by atoms with Gasteiger partial charge in [-0.15, -0.1) is 0 Å². The van der Waals surface area contributed by atoms with Gasteiger partial charge in [-0.05, 0) is 31.4 Å². The van der Waals surface area contributed by atoms with Crippen LogP contribution in [0.15, 0.2) is 35.1 Å². The number of pyridine rings is 1. The van der Waals surface area contributed by atoms with Gasteiger partial charge in [0.1, 0.15) is 5.76 Å². The predicted molar refractivity (Wildman–Crippen MR) is 108 cm³/mol. The number of amides is 2. The second kappa shape index (κ2) is 7.19. The van der Waals surface area contributed by atoms with Crippen molar-refractivity contribution in [3.05, 3.63) is 47.6 Å². The molecule has 0 radical (unpaired) electrons. The van der Waals surface area contributed by atoms with Crippen LogP contribution in [0.1, 0.15) is 34.7 Å². The molecule has 5 heterocycles. The summed E-state index contributed by atoms with van der Waals surface area (Å²) in [7, 11) is 1.95. The van der Waals surface area contributed by atoms with Crippen LogP contribution in [0.2, 0.25) is 0 Å². The Balaban J connectivity index is 1.29. The van der Waals surface area contributed by atoms with Crippen molar-refractivity contribution in [3.8, 4) is 0 Å². The molecule has 2 aromatic rings. The fourth-order valence-corrected chi connectivity index (χ4v) is 5.71. The SMILES string of the molecule is Cc1cc(C(=O)N2CCC3(CC2)[C@H]2CN(Cc4cccnc4)C[C@H]2C(=O)N3C)no1. The van der Waals surface area contributed by atoms with Gasteiger partial charge in [0.15, 0.2) is 5.69 Å². The number of carbonyl (C=O) groups excluding carboxylic acids is 2. The van der Waals surface area contributed by atoms with Crippen molar-refractivity contribution in [2.45, 2.75) is 31.8 Å². The number of carbonyl (C=O) groups is 2. The number of hydrogen-bond donors (Lipinski definition) is 0. The Morgan fingerprint density at radius 2 is 2.10 bits per heavy atom. The van der Waals surface area contributed by atoms with Gasteiger partial charge in [-0.1, -0.05) is 11.2 Å². The molecule has 0 bridgehead atoms. The molecule has 0 saturated carbocycles. The van der Waals surface area contributed by atoms with Gasteiger partial charge in [0, 0.05) is 64.1 Å². The largest absolute Gasteiger partial charge is 0.361 e. The van der Waals surface area contributed by atoms with Gasteiger partial charge in [0.05, 0.1) is 11.5 Å². The molecule has 3 fully saturated rings. The van der Waals surface area contributed by atoms with Crippen LogP contribution in [0, 0.1) is 18.8 Å². The quantitative estimate of drug-likeness (QED) is 0.765. The highest BCUT2D eigenvalue weighted by Gasteiger charge is 2.60. The summed E-state index contributed by atoms with van der Waals surface area (Å²) in [5.41, 5.74) is 1.37. The molecule has 8 heteroatoms. The summed E-state index contributed by atoms with van der Waals surface area (Å²) < 4.78 is 5.06. The van der Waals surface area contributed by atoms with E-state index in [0.29, 0.717) is 30.5 Å². The van der Waals surface area contributed by atoms with E-state index >= 15 is 0 Å². The highest BCUT2D eigenvalue weighted by molar-refractivity contribution is 5.92. The molecule has 0 unspecified atom stereocenters.